The van der Waals surface area contributed by atoms with Gasteiger partial charge in [-0.2, -0.15) is 0 Å². The van der Waals surface area contributed by atoms with E-state index in [2.05, 4.69) is 23.8 Å². The van der Waals surface area contributed by atoms with Crippen molar-refractivity contribution in [1.82, 2.24) is 0 Å². The summed E-state index contributed by atoms with van der Waals surface area (Å²) in [4.78, 5) is 0. The van der Waals surface area contributed by atoms with E-state index in [1.165, 1.54) is 5.56 Å². The minimum Gasteiger partial charge on any atom is -0.0840 e. The summed E-state index contributed by atoms with van der Waals surface area (Å²) in [6.07, 6.45) is 0.992. The van der Waals surface area contributed by atoms with Crippen molar-refractivity contribution in [3.8, 4) is 0 Å². The van der Waals surface area contributed by atoms with Crippen molar-refractivity contribution < 1.29 is 0 Å². The first kappa shape index (κ1) is 8.15. The van der Waals surface area contributed by atoms with Crippen LogP contribution in [0.15, 0.2) is 22.7 Å². The molecule has 0 bridgehead atoms. The molecule has 0 radical (unpaired) electrons. The number of halogens is 2. The van der Waals surface area contributed by atoms with Crippen molar-refractivity contribution in [2.24, 2.45) is 0 Å². The largest absolute Gasteiger partial charge is 0.107 e. The van der Waals surface area contributed by atoms with E-state index in [0.29, 0.717) is 0 Å². The molecular formula is C7H7BBrCl. The van der Waals surface area contributed by atoms with Crippen LogP contribution in [0.5, 0.6) is 0 Å². The van der Waals surface area contributed by atoms with Crippen LogP contribution in [0.4, 0.5) is 0 Å². The maximum atomic E-state index is 5.90. The normalized spacial score (nSPS) is 9.80. The standard InChI is InChI=1S/C7H7BBrCl/c8-4-5-1-2-6(9)3-7(5)10/h1-3H,4,8H2. The first-order valence-electron chi connectivity index (χ1n) is 3.18. The molecule has 52 valence electrons. The van der Waals surface area contributed by atoms with Crippen molar-refractivity contribution in [2.75, 3.05) is 0 Å². The van der Waals surface area contributed by atoms with Gasteiger partial charge in [0.05, 0.1) is 0 Å². The Hall–Kier alpha value is 0.0549. The monoisotopic (exact) mass is 216 g/mol. The fourth-order valence-corrected chi connectivity index (χ4v) is 1.62. The van der Waals surface area contributed by atoms with Crippen LogP contribution >= 0.6 is 27.5 Å². The summed E-state index contributed by atoms with van der Waals surface area (Å²) in [6.45, 7) is 0. The van der Waals surface area contributed by atoms with Gasteiger partial charge < -0.3 is 0 Å². The van der Waals surface area contributed by atoms with Gasteiger partial charge >= 0.3 is 0 Å². The summed E-state index contributed by atoms with van der Waals surface area (Å²) < 4.78 is 1.04. The first-order valence-corrected chi connectivity index (χ1v) is 4.35. The molecule has 0 aromatic heterocycles. The highest BCUT2D eigenvalue weighted by Gasteiger charge is 1.96. The van der Waals surface area contributed by atoms with Gasteiger partial charge in [0.15, 0.2) is 0 Å². The molecule has 1 aromatic rings. The highest BCUT2D eigenvalue weighted by Crippen LogP contribution is 2.20. The van der Waals surface area contributed by atoms with Gasteiger partial charge in [0, 0.05) is 9.50 Å². The molecule has 0 spiro atoms. The minimum absolute atomic E-state index is 0.844. The lowest BCUT2D eigenvalue weighted by atomic mass is 9.97. The average Bonchev–Trinajstić information content (AvgIpc) is 1.88. The van der Waals surface area contributed by atoms with E-state index in [9.17, 15) is 0 Å². The van der Waals surface area contributed by atoms with Gasteiger partial charge in [-0.1, -0.05) is 39.9 Å². The van der Waals surface area contributed by atoms with Gasteiger partial charge in [0.2, 0.25) is 0 Å². The average molecular weight is 217 g/mol. The van der Waals surface area contributed by atoms with Gasteiger partial charge in [-0.25, -0.2) is 0 Å². The van der Waals surface area contributed by atoms with E-state index >= 15 is 0 Å². The summed E-state index contributed by atoms with van der Waals surface area (Å²) in [5, 5.41) is 0.844. The van der Waals surface area contributed by atoms with E-state index < -0.39 is 0 Å². The van der Waals surface area contributed by atoms with Crippen LogP contribution in [0.3, 0.4) is 0 Å². The molecule has 0 fully saturated rings. The Balaban J connectivity index is 3.07. The third kappa shape index (κ3) is 1.77. The Bertz CT molecular complexity index is 237. The zero-order valence-electron chi connectivity index (χ0n) is 5.70. The zero-order chi connectivity index (χ0) is 7.56. The molecule has 0 aliphatic rings. The lowest BCUT2D eigenvalue weighted by Crippen LogP contribution is -1.83. The Kier molecular flexibility index (Phi) is 2.81. The third-order valence-corrected chi connectivity index (χ3v) is 2.24. The number of hydrogen-bond acceptors (Lipinski definition) is 0. The molecule has 0 atom stereocenters. The number of hydrogen-bond donors (Lipinski definition) is 0. The van der Waals surface area contributed by atoms with Gasteiger partial charge in [-0.15, -0.1) is 0 Å². The summed E-state index contributed by atoms with van der Waals surface area (Å²) >= 11 is 9.24. The van der Waals surface area contributed by atoms with Crippen LogP contribution in [0.25, 0.3) is 0 Å². The van der Waals surface area contributed by atoms with E-state index in [-0.39, 0.29) is 0 Å². The van der Waals surface area contributed by atoms with Crippen LogP contribution in [-0.2, 0) is 6.32 Å². The van der Waals surface area contributed by atoms with Crippen LogP contribution in [-0.4, -0.2) is 7.85 Å². The van der Waals surface area contributed by atoms with Crippen molar-refractivity contribution in [3.63, 3.8) is 0 Å². The molecule has 10 heavy (non-hydrogen) atoms. The molecule has 0 N–H and O–H groups in total. The van der Waals surface area contributed by atoms with E-state index in [1.807, 2.05) is 18.2 Å². The molecule has 0 aliphatic carbocycles. The molecule has 0 heterocycles. The highest BCUT2D eigenvalue weighted by atomic mass is 79.9. The first-order chi connectivity index (χ1) is 4.74. The van der Waals surface area contributed by atoms with Gasteiger partial charge in [0.25, 0.3) is 0 Å². The van der Waals surface area contributed by atoms with Crippen LogP contribution < -0.4 is 0 Å². The Morgan fingerprint density at radius 2 is 2.20 bits per heavy atom. The summed E-state index contributed by atoms with van der Waals surface area (Å²) in [6, 6.07) is 5.96. The minimum atomic E-state index is 0.844. The Morgan fingerprint density at radius 1 is 1.50 bits per heavy atom. The van der Waals surface area contributed by atoms with Crippen molar-refractivity contribution in [2.45, 2.75) is 6.32 Å². The second-order valence-electron chi connectivity index (χ2n) is 2.09. The predicted molar refractivity (Wildman–Crippen MR) is 51.4 cm³/mol. The lowest BCUT2D eigenvalue weighted by molar-refractivity contribution is 1.39. The highest BCUT2D eigenvalue weighted by molar-refractivity contribution is 9.10. The van der Waals surface area contributed by atoms with Crippen LogP contribution in [0.1, 0.15) is 5.56 Å². The maximum Gasteiger partial charge on any atom is 0.107 e. The molecule has 0 nitrogen and oxygen atoms in total. The van der Waals surface area contributed by atoms with Gasteiger partial charge in [-0.05, 0) is 17.7 Å². The van der Waals surface area contributed by atoms with Crippen LogP contribution in [0.2, 0.25) is 5.02 Å². The SMILES string of the molecule is BCc1ccc(Br)cc1Cl. The van der Waals surface area contributed by atoms with E-state index in [1.54, 1.807) is 0 Å². The Labute approximate surface area is 75.1 Å². The zero-order valence-corrected chi connectivity index (χ0v) is 8.04. The van der Waals surface area contributed by atoms with E-state index in [0.717, 1.165) is 15.8 Å². The smallest absolute Gasteiger partial charge is 0.0840 e. The molecule has 1 rings (SSSR count). The van der Waals surface area contributed by atoms with Gasteiger partial charge in [-0.3, -0.25) is 0 Å². The molecular weight excluding hydrogens is 210 g/mol. The summed E-state index contributed by atoms with van der Waals surface area (Å²) in [5.74, 6) is 0. The van der Waals surface area contributed by atoms with Crippen molar-refractivity contribution in [3.05, 3.63) is 33.3 Å². The molecule has 0 saturated carbocycles. The van der Waals surface area contributed by atoms with Crippen molar-refractivity contribution in [1.29, 1.82) is 0 Å². The molecule has 0 unspecified atom stereocenters. The van der Waals surface area contributed by atoms with Gasteiger partial charge in [0.1, 0.15) is 7.85 Å². The topological polar surface area (TPSA) is 0 Å². The molecule has 0 saturated heterocycles. The molecule has 1 aromatic carbocycles. The molecule has 0 amide bonds. The quantitative estimate of drug-likeness (QED) is 0.633. The fraction of sp³-hybridized carbons (Fsp3) is 0.143. The van der Waals surface area contributed by atoms with E-state index in [4.69, 9.17) is 11.6 Å². The summed E-state index contributed by atoms with van der Waals surface area (Å²) in [5.41, 5.74) is 1.20. The lowest BCUT2D eigenvalue weighted by Gasteiger charge is -1.99. The van der Waals surface area contributed by atoms with Crippen LogP contribution in [0, 0.1) is 0 Å². The second-order valence-corrected chi connectivity index (χ2v) is 3.41. The third-order valence-electron chi connectivity index (χ3n) is 1.40. The molecule has 0 aliphatic heterocycles. The number of benzene rings is 1. The number of rotatable bonds is 1. The summed E-state index contributed by atoms with van der Waals surface area (Å²) in [7, 11) is 2.09. The van der Waals surface area contributed by atoms with Crippen molar-refractivity contribution >= 4 is 35.4 Å². The molecule has 3 heteroatoms. The maximum absolute atomic E-state index is 5.90. The Morgan fingerprint density at radius 3 is 2.70 bits per heavy atom. The second kappa shape index (κ2) is 3.45. The fourth-order valence-electron chi connectivity index (χ4n) is 0.808. The predicted octanol–water partition coefficient (Wildman–Crippen LogP) is 2.24.